The Kier molecular flexibility index (Phi) is 8.46. The topological polar surface area (TPSA) is 165 Å². The summed E-state index contributed by atoms with van der Waals surface area (Å²) in [6, 6.07) is -0.933. The van der Waals surface area contributed by atoms with Gasteiger partial charge in [-0.2, -0.15) is 0 Å². The number of halogens is 1. The van der Waals surface area contributed by atoms with E-state index in [-0.39, 0.29) is 37.9 Å². The molecule has 0 aromatic carbocycles. The fourth-order valence-electron chi connectivity index (χ4n) is 3.02. The minimum atomic E-state index is -0.795. The van der Waals surface area contributed by atoms with Crippen molar-refractivity contribution in [1.29, 1.82) is 0 Å². The van der Waals surface area contributed by atoms with Crippen LogP contribution in [0.2, 0.25) is 0 Å². The van der Waals surface area contributed by atoms with Crippen LogP contribution in [-0.2, 0) is 23.8 Å². The molecule has 1 aromatic rings. The molecule has 0 spiro atoms. The highest BCUT2D eigenvalue weighted by atomic mass is 35.5. The van der Waals surface area contributed by atoms with E-state index in [1.807, 2.05) is 0 Å². The molecule has 1 aromatic heterocycles. The zero-order valence-corrected chi connectivity index (χ0v) is 17.2. The highest BCUT2D eigenvalue weighted by molar-refractivity contribution is 6.17. The summed E-state index contributed by atoms with van der Waals surface area (Å²) in [6.07, 6.45) is -0.0624. The number of ether oxygens (including phenoxy) is 3. The third-order valence-electron chi connectivity index (χ3n) is 4.51. The van der Waals surface area contributed by atoms with Crippen LogP contribution in [0.4, 0.5) is 0 Å². The normalized spacial score (nSPS) is 21.5. The number of H-pyrrole nitrogens is 1. The maximum absolute atomic E-state index is 12.1. The lowest BCUT2D eigenvalue weighted by molar-refractivity contribution is -0.150. The van der Waals surface area contributed by atoms with Gasteiger partial charge in [0, 0.05) is 35.9 Å². The first-order valence-corrected chi connectivity index (χ1v) is 9.67. The molecule has 1 fully saturated rings. The molecular weight excluding hydrogens is 422 g/mol. The van der Waals surface area contributed by atoms with E-state index in [9.17, 15) is 19.2 Å². The highest BCUT2D eigenvalue weighted by Gasteiger charge is 2.37. The van der Waals surface area contributed by atoms with Crippen LogP contribution in [0.25, 0.3) is 10.4 Å². The van der Waals surface area contributed by atoms with E-state index >= 15 is 0 Å². The summed E-state index contributed by atoms with van der Waals surface area (Å²) in [6.45, 7) is 3.03. The van der Waals surface area contributed by atoms with Gasteiger partial charge in [0.25, 0.3) is 5.56 Å². The van der Waals surface area contributed by atoms with Crippen LogP contribution in [0.1, 0.15) is 38.0 Å². The predicted molar refractivity (Wildman–Crippen MR) is 104 cm³/mol. The molecule has 12 nitrogen and oxygen atoms in total. The number of azide groups is 1. The molecule has 0 aliphatic carbocycles. The second-order valence-electron chi connectivity index (χ2n) is 6.94. The van der Waals surface area contributed by atoms with Crippen LogP contribution >= 0.6 is 11.6 Å². The lowest BCUT2D eigenvalue weighted by atomic mass is 10.0. The predicted octanol–water partition coefficient (Wildman–Crippen LogP) is 1.51. The van der Waals surface area contributed by atoms with Crippen LogP contribution in [0.5, 0.6) is 0 Å². The first-order chi connectivity index (χ1) is 14.2. The van der Waals surface area contributed by atoms with Gasteiger partial charge in [-0.05, 0) is 18.4 Å². The first-order valence-electron chi connectivity index (χ1n) is 9.14. The minimum Gasteiger partial charge on any atom is -0.463 e. The number of aromatic nitrogens is 2. The van der Waals surface area contributed by atoms with Crippen molar-refractivity contribution in [2.45, 2.75) is 51.5 Å². The van der Waals surface area contributed by atoms with Gasteiger partial charge in [0.2, 0.25) is 0 Å². The smallest absolute Gasteiger partial charge is 0.330 e. The number of carbonyl (C=O) groups excluding carboxylic acids is 2. The van der Waals surface area contributed by atoms with Crippen molar-refractivity contribution in [3.05, 3.63) is 43.0 Å². The van der Waals surface area contributed by atoms with Crippen LogP contribution in [-0.4, -0.2) is 46.3 Å². The minimum absolute atomic E-state index is 0.0135. The van der Waals surface area contributed by atoms with Crippen molar-refractivity contribution in [2.24, 2.45) is 11.0 Å². The Morgan fingerprint density at radius 2 is 2.07 bits per heavy atom. The molecule has 0 radical (unpaired) electrons. The maximum Gasteiger partial charge on any atom is 0.330 e. The van der Waals surface area contributed by atoms with Crippen molar-refractivity contribution in [3.63, 3.8) is 0 Å². The Labute approximate surface area is 175 Å². The third kappa shape index (κ3) is 6.34. The molecule has 1 aliphatic heterocycles. The standard InChI is InChI=1S/C17H22ClN5O7/c1-9(4-15(25)29-8-18)3-14(24)28-7-12-11(21-22-19)5-13(30-12)23-6-10(2)16(26)20-17(23)27/h6,9,11-13H,3-5,7-8H2,1-2H3,(H,20,26,27). The second kappa shape index (κ2) is 10.8. The number of aryl methyl sites for hydroxylation is 1. The zero-order valence-electron chi connectivity index (χ0n) is 16.4. The number of aromatic amines is 1. The van der Waals surface area contributed by atoms with Crippen molar-refractivity contribution >= 4 is 23.5 Å². The van der Waals surface area contributed by atoms with Crippen LogP contribution in [0.3, 0.4) is 0 Å². The molecule has 164 valence electrons. The van der Waals surface area contributed by atoms with Gasteiger partial charge in [-0.25, -0.2) is 4.79 Å². The van der Waals surface area contributed by atoms with Gasteiger partial charge in [-0.1, -0.05) is 23.6 Å². The number of esters is 2. The first kappa shape index (κ1) is 23.5. The molecule has 2 heterocycles. The molecule has 13 heteroatoms. The lowest BCUT2D eigenvalue weighted by Crippen LogP contribution is -2.33. The average molecular weight is 444 g/mol. The third-order valence-corrected chi connectivity index (χ3v) is 4.62. The summed E-state index contributed by atoms with van der Waals surface area (Å²) in [7, 11) is 0. The zero-order chi connectivity index (χ0) is 22.3. The number of hydrogen-bond acceptors (Lipinski definition) is 8. The molecule has 1 N–H and O–H groups in total. The van der Waals surface area contributed by atoms with E-state index in [0.717, 1.165) is 0 Å². The molecule has 0 saturated carbocycles. The molecular formula is C17H22ClN5O7. The van der Waals surface area contributed by atoms with Gasteiger partial charge in [-0.15, -0.1) is 0 Å². The van der Waals surface area contributed by atoms with Gasteiger partial charge < -0.3 is 14.2 Å². The van der Waals surface area contributed by atoms with Crippen molar-refractivity contribution in [3.8, 4) is 0 Å². The summed E-state index contributed by atoms with van der Waals surface area (Å²) in [5, 5.41) is 3.65. The summed E-state index contributed by atoms with van der Waals surface area (Å²) in [5.41, 5.74) is 7.94. The molecule has 0 bridgehead atoms. The van der Waals surface area contributed by atoms with Crippen molar-refractivity contribution < 1.29 is 23.8 Å². The molecule has 4 unspecified atom stereocenters. The van der Waals surface area contributed by atoms with Crippen molar-refractivity contribution in [1.82, 2.24) is 9.55 Å². The van der Waals surface area contributed by atoms with Crippen LogP contribution in [0.15, 0.2) is 20.9 Å². The Balaban J connectivity index is 1.98. The number of carbonyl (C=O) groups is 2. The van der Waals surface area contributed by atoms with E-state index in [0.29, 0.717) is 5.56 Å². The summed E-state index contributed by atoms with van der Waals surface area (Å²) >= 11 is 5.31. The van der Waals surface area contributed by atoms with E-state index < -0.39 is 41.6 Å². The number of hydrogen-bond donors (Lipinski definition) is 1. The van der Waals surface area contributed by atoms with Crippen LogP contribution < -0.4 is 11.2 Å². The highest BCUT2D eigenvalue weighted by Crippen LogP contribution is 2.30. The second-order valence-corrected chi connectivity index (χ2v) is 7.16. The number of alkyl halides is 1. The summed E-state index contributed by atoms with van der Waals surface area (Å²) < 4.78 is 16.8. The SMILES string of the molecule is Cc1cn(C2CC(N=[N+]=[N-])C(COC(=O)CC(C)CC(=O)OCCl)O2)c(=O)[nH]c1=O. The number of nitrogens with zero attached hydrogens (tertiary/aromatic N) is 4. The van der Waals surface area contributed by atoms with Crippen LogP contribution in [0, 0.1) is 12.8 Å². The average Bonchev–Trinajstić information content (AvgIpc) is 3.06. The van der Waals surface area contributed by atoms with Crippen molar-refractivity contribution in [2.75, 3.05) is 12.7 Å². The molecule has 4 atom stereocenters. The maximum atomic E-state index is 12.1. The largest absolute Gasteiger partial charge is 0.463 e. The Morgan fingerprint density at radius 3 is 2.70 bits per heavy atom. The van der Waals surface area contributed by atoms with E-state index in [2.05, 4.69) is 19.7 Å². The monoisotopic (exact) mass is 443 g/mol. The van der Waals surface area contributed by atoms with Gasteiger partial charge in [-0.3, -0.25) is 23.9 Å². The fraction of sp³-hybridized carbons (Fsp3) is 0.647. The lowest BCUT2D eigenvalue weighted by Gasteiger charge is -2.17. The van der Waals surface area contributed by atoms with E-state index in [4.69, 9.17) is 26.6 Å². The quantitative estimate of drug-likeness (QED) is 0.198. The molecule has 1 saturated heterocycles. The van der Waals surface area contributed by atoms with Gasteiger partial charge in [0.05, 0.1) is 6.04 Å². The Hall–Kier alpha value is -2.82. The van der Waals surface area contributed by atoms with E-state index in [1.165, 1.54) is 17.7 Å². The number of nitrogens with one attached hydrogen (secondary N) is 1. The van der Waals surface area contributed by atoms with Gasteiger partial charge in [0.1, 0.15) is 18.9 Å². The molecule has 0 amide bonds. The van der Waals surface area contributed by atoms with E-state index in [1.54, 1.807) is 6.92 Å². The number of rotatable bonds is 9. The molecule has 2 rings (SSSR count). The van der Waals surface area contributed by atoms with Gasteiger partial charge in [0.15, 0.2) is 6.07 Å². The molecule has 30 heavy (non-hydrogen) atoms. The molecule has 1 aliphatic rings. The van der Waals surface area contributed by atoms with Gasteiger partial charge >= 0.3 is 17.6 Å². The Bertz CT molecular complexity index is 939. The summed E-state index contributed by atoms with van der Waals surface area (Å²) in [5.74, 6) is -1.40. The summed E-state index contributed by atoms with van der Waals surface area (Å²) in [4.78, 5) is 52.0. The fourth-order valence-corrected chi connectivity index (χ4v) is 3.14. The Morgan fingerprint density at radius 1 is 1.40 bits per heavy atom.